The van der Waals surface area contributed by atoms with Gasteiger partial charge in [0, 0.05) is 12.6 Å². The van der Waals surface area contributed by atoms with Crippen LogP contribution in [0, 0.1) is 18.3 Å². The van der Waals surface area contributed by atoms with E-state index in [4.69, 9.17) is 0 Å². The molecule has 0 aliphatic carbocycles. The first-order chi connectivity index (χ1) is 7.50. The van der Waals surface area contributed by atoms with Crippen LogP contribution in [0.15, 0.2) is 12.3 Å². The van der Waals surface area contributed by atoms with Crippen molar-refractivity contribution in [2.45, 2.75) is 45.7 Å². The predicted molar refractivity (Wildman–Crippen MR) is 64.0 cm³/mol. The average Bonchev–Trinajstić information content (AvgIpc) is 2.65. The predicted octanol–water partition coefficient (Wildman–Crippen LogP) is 2.03. The van der Waals surface area contributed by atoms with Crippen molar-refractivity contribution in [3.63, 3.8) is 0 Å². The number of nitrogens with zero attached hydrogens (tertiary/aromatic N) is 3. The minimum absolute atomic E-state index is 0.220. The molecule has 88 valence electrons. The second-order valence-electron chi connectivity index (χ2n) is 4.46. The van der Waals surface area contributed by atoms with Gasteiger partial charge in [-0.05, 0) is 33.4 Å². The van der Waals surface area contributed by atoms with E-state index < -0.39 is 5.54 Å². The highest BCUT2D eigenvalue weighted by atomic mass is 15.3. The summed E-state index contributed by atoms with van der Waals surface area (Å²) in [5.41, 5.74) is 0.530. The summed E-state index contributed by atoms with van der Waals surface area (Å²) in [6, 6.07) is 4.53. The van der Waals surface area contributed by atoms with Gasteiger partial charge in [0.25, 0.3) is 0 Å². The fraction of sp³-hybridized carbons (Fsp3) is 0.667. The van der Waals surface area contributed by atoms with E-state index in [1.54, 1.807) is 0 Å². The third-order valence-electron chi connectivity index (χ3n) is 2.71. The van der Waals surface area contributed by atoms with Gasteiger partial charge in [-0.25, -0.2) is 0 Å². The van der Waals surface area contributed by atoms with Crippen molar-refractivity contribution in [2.75, 3.05) is 6.54 Å². The third kappa shape index (κ3) is 3.07. The van der Waals surface area contributed by atoms with E-state index in [0.29, 0.717) is 0 Å². The lowest BCUT2D eigenvalue weighted by atomic mass is 9.95. The minimum Gasteiger partial charge on any atom is -0.300 e. The second-order valence-corrected chi connectivity index (χ2v) is 4.46. The molecule has 1 rings (SSSR count). The first-order valence-corrected chi connectivity index (χ1v) is 5.69. The van der Waals surface area contributed by atoms with Crippen molar-refractivity contribution in [3.05, 3.63) is 18.0 Å². The van der Waals surface area contributed by atoms with Crippen molar-refractivity contribution in [1.29, 1.82) is 5.26 Å². The lowest BCUT2D eigenvalue weighted by Crippen LogP contribution is -2.42. The first-order valence-electron chi connectivity index (χ1n) is 5.69. The molecule has 0 spiro atoms. The van der Waals surface area contributed by atoms with Crippen LogP contribution in [-0.2, 0) is 0 Å². The van der Waals surface area contributed by atoms with E-state index >= 15 is 0 Å². The van der Waals surface area contributed by atoms with Crippen LogP contribution in [-0.4, -0.2) is 21.9 Å². The SMILES string of the molecule is CCNC(C)(C#N)CC(C)n1ccc(C)n1. The summed E-state index contributed by atoms with van der Waals surface area (Å²) in [7, 11) is 0. The Labute approximate surface area is 97.3 Å². The maximum absolute atomic E-state index is 9.18. The minimum atomic E-state index is -0.478. The van der Waals surface area contributed by atoms with Crippen LogP contribution in [0.4, 0.5) is 0 Å². The Hall–Kier alpha value is -1.34. The molecular weight excluding hydrogens is 200 g/mol. The fourth-order valence-corrected chi connectivity index (χ4v) is 1.91. The molecule has 0 saturated carbocycles. The van der Waals surface area contributed by atoms with Crippen LogP contribution in [0.25, 0.3) is 0 Å². The van der Waals surface area contributed by atoms with Gasteiger partial charge >= 0.3 is 0 Å². The molecule has 0 bridgehead atoms. The first kappa shape index (κ1) is 12.7. The van der Waals surface area contributed by atoms with Crippen molar-refractivity contribution in [2.24, 2.45) is 0 Å². The summed E-state index contributed by atoms with van der Waals surface area (Å²) in [4.78, 5) is 0. The Morgan fingerprint density at radius 1 is 1.69 bits per heavy atom. The van der Waals surface area contributed by atoms with E-state index in [2.05, 4.69) is 23.4 Å². The van der Waals surface area contributed by atoms with E-state index in [0.717, 1.165) is 18.7 Å². The zero-order chi connectivity index (χ0) is 12.2. The summed E-state index contributed by atoms with van der Waals surface area (Å²) in [6.07, 6.45) is 2.71. The van der Waals surface area contributed by atoms with Gasteiger partial charge in [-0.2, -0.15) is 10.4 Å². The van der Waals surface area contributed by atoms with Crippen LogP contribution in [0.5, 0.6) is 0 Å². The highest BCUT2D eigenvalue weighted by molar-refractivity contribution is 5.05. The lowest BCUT2D eigenvalue weighted by Gasteiger charge is -2.26. The summed E-state index contributed by atoms with van der Waals surface area (Å²) >= 11 is 0. The molecule has 1 heterocycles. The van der Waals surface area contributed by atoms with Crippen LogP contribution in [0.2, 0.25) is 0 Å². The maximum atomic E-state index is 9.18. The van der Waals surface area contributed by atoms with Gasteiger partial charge in [0.05, 0.1) is 17.8 Å². The Morgan fingerprint density at radius 3 is 2.81 bits per heavy atom. The van der Waals surface area contributed by atoms with Gasteiger partial charge < -0.3 is 0 Å². The van der Waals surface area contributed by atoms with E-state index in [-0.39, 0.29) is 6.04 Å². The maximum Gasteiger partial charge on any atom is 0.105 e. The zero-order valence-electron chi connectivity index (χ0n) is 10.5. The fourth-order valence-electron chi connectivity index (χ4n) is 1.91. The Balaban J connectivity index is 2.70. The molecule has 0 radical (unpaired) electrons. The smallest absolute Gasteiger partial charge is 0.105 e. The highest BCUT2D eigenvalue weighted by Gasteiger charge is 2.26. The Bertz CT molecular complexity index is 377. The van der Waals surface area contributed by atoms with Crippen molar-refractivity contribution < 1.29 is 0 Å². The number of nitrogens with one attached hydrogen (secondary N) is 1. The molecule has 2 atom stereocenters. The molecule has 4 nitrogen and oxygen atoms in total. The molecule has 0 saturated heterocycles. The third-order valence-corrected chi connectivity index (χ3v) is 2.71. The average molecular weight is 220 g/mol. The van der Waals surface area contributed by atoms with Gasteiger partial charge in [0.2, 0.25) is 0 Å². The number of rotatable bonds is 5. The van der Waals surface area contributed by atoms with Crippen molar-refractivity contribution >= 4 is 0 Å². The van der Waals surface area contributed by atoms with E-state index in [1.807, 2.05) is 37.7 Å². The molecule has 16 heavy (non-hydrogen) atoms. The van der Waals surface area contributed by atoms with Gasteiger partial charge in [0.15, 0.2) is 0 Å². The topological polar surface area (TPSA) is 53.6 Å². The second kappa shape index (κ2) is 5.13. The van der Waals surface area contributed by atoms with E-state index in [9.17, 15) is 5.26 Å². The Morgan fingerprint density at radius 2 is 2.38 bits per heavy atom. The summed E-state index contributed by atoms with van der Waals surface area (Å²) in [5.74, 6) is 0. The van der Waals surface area contributed by atoms with Crippen molar-refractivity contribution in [3.8, 4) is 6.07 Å². The zero-order valence-corrected chi connectivity index (χ0v) is 10.5. The summed E-state index contributed by atoms with van der Waals surface area (Å²) in [6.45, 7) is 8.80. The van der Waals surface area contributed by atoms with Crippen LogP contribution in [0.3, 0.4) is 0 Å². The van der Waals surface area contributed by atoms with Gasteiger partial charge in [-0.3, -0.25) is 10.00 Å². The van der Waals surface area contributed by atoms with Crippen molar-refractivity contribution in [1.82, 2.24) is 15.1 Å². The molecule has 0 aliphatic rings. The van der Waals surface area contributed by atoms with Crippen LogP contribution < -0.4 is 5.32 Å². The summed E-state index contributed by atoms with van der Waals surface area (Å²) in [5, 5.41) is 16.8. The number of hydrogen-bond donors (Lipinski definition) is 1. The Kier molecular flexibility index (Phi) is 4.08. The number of nitriles is 1. The van der Waals surface area contributed by atoms with Gasteiger partial charge in [0.1, 0.15) is 5.54 Å². The number of aromatic nitrogens is 2. The standard InChI is InChI=1S/C12H20N4/c1-5-14-12(4,9-13)8-11(3)16-7-6-10(2)15-16/h6-7,11,14H,5,8H2,1-4H3. The largest absolute Gasteiger partial charge is 0.300 e. The quantitative estimate of drug-likeness (QED) is 0.826. The van der Waals surface area contributed by atoms with Gasteiger partial charge in [-0.15, -0.1) is 0 Å². The molecule has 2 unspecified atom stereocenters. The van der Waals surface area contributed by atoms with Gasteiger partial charge in [-0.1, -0.05) is 6.92 Å². The van der Waals surface area contributed by atoms with Crippen LogP contribution in [0.1, 0.15) is 38.9 Å². The molecule has 1 aromatic heterocycles. The molecule has 0 aliphatic heterocycles. The molecule has 0 aromatic carbocycles. The molecular formula is C12H20N4. The lowest BCUT2D eigenvalue weighted by molar-refractivity contribution is 0.337. The summed E-state index contributed by atoms with van der Waals surface area (Å²) < 4.78 is 1.92. The number of aryl methyl sites for hydroxylation is 1. The molecule has 1 N–H and O–H groups in total. The normalized spacial score (nSPS) is 16.4. The molecule has 0 fully saturated rings. The molecule has 0 amide bonds. The van der Waals surface area contributed by atoms with E-state index in [1.165, 1.54) is 0 Å². The number of hydrogen-bond acceptors (Lipinski definition) is 3. The highest BCUT2D eigenvalue weighted by Crippen LogP contribution is 2.19. The van der Waals surface area contributed by atoms with Crippen LogP contribution >= 0.6 is 0 Å². The monoisotopic (exact) mass is 220 g/mol. The molecule has 1 aromatic rings. The molecule has 4 heteroatoms.